The molecule has 1 fully saturated rings. The minimum atomic E-state index is -0.222. The molecule has 1 spiro atoms. The lowest BCUT2D eigenvalue weighted by molar-refractivity contribution is 0.131. The monoisotopic (exact) mass is 269 g/mol. The number of aliphatic hydroxyl groups excluding tert-OH is 1. The van der Waals surface area contributed by atoms with E-state index in [1.807, 2.05) is 11.7 Å². The highest BCUT2D eigenvalue weighted by Crippen LogP contribution is 2.81. The average molecular weight is 269 g/mol. The van der Waals surface area contributed by atoms with Crippen LogP contribution in [0.4, 0.5) is 0 Å². The summed E-state index contributed by atoms with van der Waals surface area (Å²) in [6, 6.07) is 2.22. The molecule has 1 aromatic rings. The summed E-state index contributed by atoms with van der Waals surface area (Å²) in [6.45, 7) is 4.36. The summed E-state index contributed by atoms with van der Waals surface area (Å²) >= 11 is 0. The number of nitrogens with zero attached hydrogens (tertiary/aromatic N) is 3. The van der Waals surface area contributed by atoms with Crippen molar-refractivity contribution in [1.82, 2.24) is 9.78 Å². The second-order valence-electron chi connectivity index (χ2n) is 7.22. The Balaban J connectivity index is 1.98. The Bertz CT molecular complexity index is 710. The lowest BCUT2D eigenvalue weighted by Crippen LogP contribution is -2.45. The number of fused-ring (bicyclic) bond motifs is 2. The van der Waals surface area contributed by atoms with Crippen LogP contribution >= 0.6 is 0 Å². The lowest BCUT2D eigenvalue weighted by atomic mass is 9.56. The van der Waals surface area contributed by atoms with Crippen LogP contribution < -0.4 is 0 Å². The summed E-state index contributed by atoms with van der Waals surface area (Å²) in [6.07, 6.45) is 5.82. The summed E-state index contributed by atoms with van der Waals surface area (Å²) < 4.78 is 1.89. The van der Waals surface area contributed by atoms with E-state index in [9.17, 15) is 10.4 Å². The molecule has 0 amide bonds. The van der Waals surface area contributed by atoms with Crippen LogP contribution in [0.1, 0.15) is 44.4 Å². The molecular weight excluding hydrogens is 250 g/mol. The van der Waals surface area contributed by atoms with Gasteiger partial charge in [0, 0.05) is 24.1 Å². The van der Waals surface area contributed by atoms with E-state index in [0.29, 0.717) is 17.8 Å². The normalized spacial score (nSPS) is 41.5. The molecule has 4 heteroatoms. The number of aliphatic hydroxyl groups is 1. The van der Waals surface area contributed by atoms with Gasteiger partial charge in [0.15, 0.2) is 0 Å². The molecule has 3 atom stereocenters. The number of nitriles is 1. The van der Waals surface area contributed by atoms with E-state index in [-0.39, 0.29) is 16.2 Å². The molecule has 0 aromatic carbocycles. The summed E-state index contributed by atoms with van der Waals surface area (Å²) in [5.74, 6) is 0.344. The maximum atomic E-state index is 10.5. The van der Waals surface area contributed by atoms with E-state index < -0.39 is 0 Å². The van der Waals surface area contributed by atoms with Gasteiger partial charge in [-0.15, -0.1) is 0 Å². The summed E-state index contributed by atoms with van der Waals surface area (Å²) in [5.41, 5.74) is 2.77. The molecule has 1 unspecified atom stereocenters. The molecule has 0 radical (unpaired) electrons. The fraction of sp³-hybridized carbons (Fsp3) is 0.625. The Morgan fingerprint density at radius 3 is 2.85 bits per heavy atom. The Kier molecular flexibility index (Phi) is 1.87. The zero-order valence-corrected chi connectivity index (χ0v) is 12.2. The van der Waals surface area contributed by atoms with Gasteiger partial charge < -0.3 is 5.11 Å². The van der Waals surface area contributed by atoms with Gasteiger partial charge in [0.1, 0.15) is 5.76 Å². The van der Waals surface area contributed by atoms with Gasteiger partial charge >= 0.3 is 0 Å². The first-order chi connectivity index (χ1) is 9.38. The van der Waals surface area contributed by atoms with Gasteiger partial charge in [-0.3, -0.25) is 4.68 Å². The van der Waals surface area contributed by atoms with Crippen LogP contribution in [0.15, 0.2) is 17.5 Å². The van der Waals surface area contributed by atoms with Crippen LogP contribution in [0.3, 0.4) is 0 Å². The van der Waals surface area contributed by atoms with E-state index in [1.54, 1.807) is 0 Å². The first-order valence-corrected chi connectivity index (χ1v) is 7.24. The molecule has 0 bridgehead atoms. The quantitative estimate of drug-likeness (QED) is 0.787. The van der Waals surface area contributed by atoms with Crippen molar-refractivity contribution in [3.63, 3.8) is 0 Å². The van der Waals surface area contributed by atoms with Crippen LogP contribution in [-0.2, 0) is 18.9 Å². The van der Waals surface area contributed by atoms with E-state index in [1.165, 1.54) is 5.56 Å². The molecule has 4 rings (SSSR count). The molecule has 3 aliphatic rings. The predicted octanol–water partition coefficient (Wildman–Crippen LogP) is 2.76. The molecule has 1 aromatic heterocycles. The average Bonchev–Trinajstić information content (AvgIpc) is 2.85. The topological polar surface area (TPSA) is 61.8 Å². The molecule has 20 heavy (non-hydrogen) atoms. The molecular formula is C16H19N3O. The number of allylic oxidation sites excluding steroid dienone is 2. The maximum absolute atomic E-state index is 10.5. The van der Waals surface area contributed by atoms with Crippen molar-refractivity contribution >= 4 is 0 Å². The third kappa shape index (κ3) is 1.01. The van der Waals surface area contributed by atoms with Gasteiger partial charge in [-0.1, -0.05) is 13.8 Å². The minimum Gasteiger partial charge on any atom is -0.511 e. The number of aromatic nitrogens is 2. The van der Waals surface area contributed by atoms with Crippen molar-refractivity contribution in [2.75, 3.05) is 0 Å². The van der Waals surface area contributed by atoms with Crippen LogP contribution in [0.25, 0.3) is 0 Å². The number of aryl methyl sites for hydroxylation is 2. The zero-order chi connectivity index (χ0) is 14.3. The third-order valence-electron chi connectivity index (χ3n) is 6.36. The molecule has 1 heterocycles. The molecule has 4 nitrogen and oxygen atoms in total. The largest absolute Gasteiger partial charge is 0.511 e. The Labute approximate surface area is 118 Å². The molecule has 0 saturated heterocycles. The second kappa shape index (κ2) is 3.11. The SMILES string of the molecule is Cn1cc2c(n1)[C@@]1(C)CC(C#N)=C(O)C3(C)C[C@]31CC2. The van der Waals surface area contributed by atoms with E-state index in [4.69, 9.17) is 5.10 Å². The highest BCUT2D eigenvalue weighted by Gasteiger charge is 2.77. The number of hydrogen-bond donors (Lipinski definition) is 1. The van der Waals surface area contributed by atoms with Gasteiger partial charge in [-0.05, 0) is 36.7 Å². The third-order valence-corrected chi connectivity index (χ3v) is 6.36. The van der Waals surface area contributed by atoms with Crippen molar-refractivity contribution in [1.29, 1.82) is 5.26 Å². The second-order valence-corrected chi connectivity index (χ2v) is 7.22. The van der Waals surface area contributed by atoms with Gasteiger partial charge in [0.25, 0.3) is 0 Å². The smallest absolute Gasteiger partial charge is 0.112 e. The fourth-order valence-corrected chi connectivity index (χ4v) is 5.19. The van der Waals surface area contributed by atoms with Gasteiger partial charge in [0.05, 0.1) is 17.3 Å². The maximum Gasteiger partial charge on any atom is 0.112 e. The fourth-order valence-electron chi connectivity index (χ4n) is 5.19. The standard InChI is InChI=1S/C16H19N3O/c1-14-6-11(7-17)13(20)15(2)9-16(14,15)5-4-10-8-19(3)18-12(10)14/h8,20H,4-6,9H2,1-3H3/t14-,15?,16+/m1/s1. The number of hydrogen-bond acceptors (Lipinski definition) is 3. The van der Waals surface area contributed by atoms with E-state index in [2.05, 4.69) is 26.1 Å². The van der Waals surface area contributed by atoms with Crippen LogP contribution in [0.2, 0.25) is 0 Å². The van der Waals surface area contributed by atoms with Crippen LogP contribution in [0.5, 0.6) is 0 Å². The highest BCUT2D eigenvalue weighted by atomic mass is 16.3. The Hall–Kier alpha value is -1.76. The zero-order valence-electron chi connectivity index (χ0n) is 12.2. The molecule has 1 N–H and O–H groups in total. The lowest BCUT2D eigenvalue weighted by Gasteiger charge is -2.46. The van der Waals surface area contributed by atoms with E-state index in [0.717, 1.165) is 25.0 Å². The van der Waals surface area contributed by atoms with Gasteiger partial charge in [-0.25, -0.2) is 0 Å². The van der Waals surface area contributed by atoms with Crippen molar-refractivity contribution in [2.45, 2.75) is 44.9 Å². The van der Waals surface area contributed by atoms with Crippen LogP contribution in [-0.4, -0.2) is 14.9 Å². The van der Waals surface area contributed by atoms with Crippen molar-refractivity contribution in [3.8, 4) is 6.07 Å². The van der Waals surface area contributed by atoms with Crippen molar-refractivity contribution in [2.24, 2.45) is 17.9 Å². The van der Waals surface area contributed by atoms with Gasteiger partial charge in [0.2, 0.25) is 0 Å². The summed E-state index contributed by atoms with van der Waals surface area (Å²) in [7, 11) is 1.96. The molecule has 104 valence electrons. The summed E-state index contributed by atoms with van der Waals surface area (Å²) in [4.78, 5) is 0. The minimum absolute atomic E-state index is 0.0891. The molecule has 3 aliphatic carbocycles. The first kappa shape index (κ1) is 12.0. The van der Waals surface area contributed by atoms with Gasteiger partial charge in [-0.2, -0.15) is 10.4 Å². The van der Waals surface area contributed by atoms with E-state index >= 15 is 0 Å². The Morgan fingerprint density at radius 1 is 1.40 bits per heavy atom. The summed E-state index contributed by atoms with van der Waals surface area (Å²) in [5, 5.41) is 24.6. The first-order valence-electron chi connectivity index (χ1n) is 7.24. The molecule has 1 saturated carbocycles. The van der Waals surface area contributed by atoms with Crippen molar-refractivity contribution in [3.05, 3.63) is 28.8 Å². The highest BCUT2D eigenvalue weighted by molar-refractivity contribution is 5.51. The molecule has 0 aliphatic heterocycles. The van der Waals surface area contributed by atoms with Crippen molar-refractivity contribution < 1.29 is 5.11 Å². The number of rotatable bonds is 0. The predicted molar refractivity (Wildman–Crippen MR) is 73.9 cm³/mol. The Morgan fingerprint density at radius 2 is 2.15 bits per heavy atom. The van der Waals surface area contributed by atoms with Crippen LogP contribution in [0, 0.1) is 22.2 Å².